The van der Waals surface area contributed by atoms with Crippen LogP contribution >= 0.6 is 22.9 Å². The van der Waals surface area contributed by atoms with Crippen molar-refractivity contribution in [2.75, 3.05) is 68.9 Å². The van der Waals surface area contributed by atoms with Crippen LogP contribution in [0.3, 0.4) is 0 Å². The van der Waals surface area contributed by atoms with Crippen molar-refractivity contribution < 1.29 is 13.6 Å². The van der Waals surface area contributed by atoms with Crippen LogP contribution in [0.1, 0.15) is 5.56 Å². The summed E-state index contributed by atoms with van der Waals surface area (Å²) in [5.74, 6) is -0.993. The van der Waals surface area contributed by atoms with E-state index in [1.54, 1.807) is 11.0 Å². The van der Waals surface area contributed by atoms with Gasteiger partial charge in [0.05, 0.1) is 20.9 Å². The summed E-state index contributed by atoms with van der Waals surface area (Å²) in [4.78, 5) is 28.9. The summed E-state index contributed by atoms with van der Waals surface area (Å²) in [7, 11) is 3.97. The largest absolute Gasteiger partial charge is 0.375 e. The third-order valence-electron chi connectivity index (χ3n) is 7.99. The number of rotatable bonds is 5. The molecule has 4 heterocycles. The molecule has 2 aliphatic rings. The van der Waals surface area contributed by atoms with Gasteiger partial charge in [-0.15, -0.1) is 0 Å². The van der Waals surface area contributed by atoms with E-state index in [1.165, 1.54) is 18.2 Å². The highest BCUT2D eigenvalue weighted by atomic mass is 35.5. The number of carbonyl (C=O) groups is 1. The highest BCUT2D eigenvalue weighted by Gasteiger charge is 2.35. The van der Waals surface area contributed by atoms with Crippen LogP contribution in [0.5, 0.6) is 0 Å². The van der Waals surface area contributed by atoms with E-state index in [2.05, 4.69) is 22.5 Å². The molecule has 0 saturated carbocycles. The zero-order chi connectivity index (χ0) is 29.9. The third-order valence-corrected chi connectivity index (χ3v) is 9.18. The van der Waals surface area contributed by atoms with Crippen molar-refractivity contribution in [2.45, 2.75) is 6.04 Å². The van der Waals surface area contributed by atoms with Crippen LogP contribution in [0.25, 0.3) is 32.2 Å². The highest BCUT2D eigenvalue weighted by molar-refractivity contribution is 7.22. The Bertz CT molecular complexity index is 1810. The Kier molecular flexibility index (Phi) is 7.12. The fourth-order valence-corrected chi connectivity index (χ4v) is 6.69. The lowest BCUT2D eigenvalue weighted by molar-refractivity contribution is -0.126. The normalized spacial score (nSPS) is 15.9. The molecule has 2 saturated heterocycles. The second-order valence-corrected chi connectivity index (χ2v) is 12.0. The highest BCUT2D eigenvalue weighted by Crippen LogP contribution is 2.45. The summed E-state index contributed by atoms with van der Waals surface area (Å²) in [5.41, 5.74) is 7.30. The molecule has 42 heavy (non-hydrogen) atoms. The second-order valence-electron chi connectivity index (χ2n) is 10.6. The van der Waals surface area contributed by atoms with Crippen molar-refractivity contribution in [1.29, 1.82) is 5.26 Å². The number of halogens is 3. The van der Waals surface area contributed by atoms with Crippen LogP contribution in [0.15, 0.2) is 30.9 Å². The van der Waals surface area contributed by atoms with Crippen LogP contribution in [0.4, 0.5) is 25.4 Å². The van der Waals surface area contributed by atoms with Gasteiger partial charge < -0.3 is 25.3 Å². The Morgan fingerprint density at radius 3 is 2.55 bits per heavy atom. The van der Waals surface area contributed by atoms with Gasteiger partial charge in [0.2, 0.25) is 5.91 Å². The first kappa shape index (κ1) is 28.1. The van der Waals surface area contributed by atoms with Gasteiger partial charge in [0, 0.05) is 61.8 Å². The van der Waals surface area contributed by atoms with E-state index >= 15 is 4.39 Å². The van der Waals surface area contributed by atoms with Crippen LogP contribution in [-0.4, -0.2) is 85.1 Å². The number of amides is 1. The van der Waals surface area contributed by atoms with Gasteiger partial charge in [-0.1, -0.05) is 29.5 Å². The maximum absolute atomic E-state index is 16.7. The number of nitrogens with zero attached hydrogens (tertiary/aromatic N) is 7. The number of nitrogens with two attached hydrogens (primary N) is 1. The Morgan fingerprint density at radius 2 is 1.90 bits per heavy atom. The molecule has 0 radical (unpaired) electrons. The van der Waals surface area contributed by atoms with E-state index in [0.717, 1.165) is 11.3 Å². The first-order valence-electron chi connectivity index (χ1n) is 13.3. The number of pyridine rings is 1. The predicted octanol–water partition coefficient (Wildman–Crippen LogP) is 4.48. The number of nitriles is 1. The second kappa shape index (κ2) is 10.7. The van der Waals surface area contributed by atoms with Crippen LogP contribution < -0.4 is 15.5 Å². The zero-order valence-corrected chi connectivity index (χ0v) is 24.6. The quantitative estimate of drug-likeness (QED) is 0.331. The first-order valence-corrected chi connectivity index (χ1v) is 14.5. The van der Waals surface area contributed by atoms with Crippen LogP contribution in [-0.2, 0) is 4.79 Å². The maximum atomic E-state index is 16.7. The average molecular weight is 609 g/mol. The van der Waals surface area contributed by atoms with Crippen molar-refractivity contribution in [3.05, 3.63) is 53.1 Å². The van der Waals surface area contributed by atoms with Gasteiger partial charge in [-0.2, -0.15) is 5.26 Å². The van der Waals surface area contributed by atoms with E-state index < -0.39 is 11.6 Å². The number of benzene rings is 2. The number of aromatic nitrogens is 2. The molecule has 6 rings (SSSR count). The van der Waals surface area contributed by atoms with E-state index in [9.17, 15) is 14.4 Å². The molecule has 2 aliphatic heterocycles. The molecule has 216 valence electrons. The number of piperazine rings is 1. The summed E-state index contributed by atoms with van der Waals surface area (Å²) >= 11 is 7.75. The standard InChI is InChI=1S/C29H27ClF2N8OS/c1-4-21(41)38-7-9-39(10-8-38)26-17-11-19(30)22(16-5-6-20(31)27-25(16)36-29(34)42-27)23(32)24(17)35-28(18(26)12-33)40-13-15(14-40)37(2)3/h4-6,11,15H,1,7-10,13-14H2,2-3H3,(H2,34,36). The fraction of sp³-hybridized carbons (Fsp3) is 0.310. The number of carbonyl (C=O) groups excluding carboxylic acids is 1. The molecule has 0 spiro atoms. The summed E-state index contributed by atoms with van der Waals surface area (Å²) in [6.07, 6.45) is 1.28. The minimum Gasteiger partial charge on any atom is -0.375 e. The summed E-state index contributed by atoms with van der Waals surface area (Å²) < 4.78 is 31.5. The molecular formula is C29H27ClF2N8OS. The van der Waals surface area contributed by atoms with Gasteiger partial charge in [0.25, 0.3) is 0 Å². The number of thiazole rings is 1. The van der Waals surface area contributed by atoms with Gasteiger partial charge >= 0.3 is 0 Å². The Labute approximate surface area is 250 Å². The Balaban J connectivity index is 1.57. The minimum absolute atomic E-state index is 0.0322. The predicted molar refractivity (Wildman–Crippen MR) is 163 cm³/mol. The first-order chi connectivity index (χ1) is 20.1. The summed E-state index contributed by atoms with van der Waals surface area (Å²) in [6.45, 7) is 6.49. The van der Waals surface area contributed by atoms with Crippen LogP contribution in [0, 0.1) is 23.0 Å². The van der Waals surface area contributed by atoms with Crippen LogP contribution in [0.2, 0.25) is 5.02 Å². The molecule has 2 aromatic carbocycles. The molecule has 1 amide bonds. The zero-order valence-electron chi connectivity index (χ0n) is 23.0. The van der Waals surface area contributed by atoms with E-state index in [1.807, 2.05) is 23.9 Å². The molecule has 2 N–H and O–H groups in total. The number of likely N-dealkylation sites (N-methyl/N-ethyl adjacent to an activating group) is 1. The molecule has 0 atom stereocenters. The van der Waals surface area contributed by atoms with E-state index in [0.29, 0.717) is 67.3 Å². The lowest BCUT2D eigenvalue weighted by Crippen LogP contribution is -2.58. The smallest absolute Gasteiger partial charge is 0.246 e. The van der Waals surface area contributed by atoms with Gasteiger partial charge in [-0.05, 0) is 38.4 Å². The SMILES string of the molecule is C=CC(=O)N1CCN(c2c(C#N)c(N3CC(N(C)C)C3)nc3c(F)c(-c4ccc(F)c5sc(N)nc45)c(Cl)cc23)CC1. The van der Waals surface area contributed by atoms with Gasteiger partial charge in [-0.3, -0.25) is 4.79 Å². The maximum Gasteiger partial charge on any atom is 0.246 e. The molecule has 4 aromatic rings. The van der Waals surface area contributed by atoms with Gasteiger partial charge in [0.15, 0.2) is 10.9 Å². The minimum atomic E-state index is -0.700. The number of nitrogen functional groups attached to an aromatic ring is 1. The van der Waals surface area contributed by atoms with Gasteiger partial charge in [-0.25, -0.2) is 18.7 Å². The summed E-state index contributed by atoms with van der Waals surface area (Å²) in [6, 6.07) is 6.87. The summed E-state index contributed by atoms with van der Waals surface area (Å²) in [5, 5.41) is 11.0. The Hall–Kier alpha value is -4.05. The van der Waals surface area contributed by atoms with E-state index in [4.69, 9.17) is 22.3 Å². The van der Waals surface area contributed by atoms with Crippen molar-refractivity contribution in [1.82, 2.24) is 19.8 Å². The monoisotopic (exact) mass is 608 g/mol. The molecule has 0 aliphatic carbocycles. The number of hydrogen-bond acceptors (Lipinski definition) is 9. The number of fused-ring (bicyclic) bond motifs is 2. The van der Waals surface area contributed by atoms with Crippen molar-refractivity contribution in [3.63, 3.8) is 0 Å². The van der Waals surface area contributed by atoms with Crippen molar-refractivity contribution >= 4 is 66.6 Å². The molecular weight excluding hydrogens is 582 g/mol. The number of hydrogen-bond donors (Lipinski definition) is 1. The average Bonchev–Trinajstić information content (AvgIpc) is 3.35. The molecule has 13 heteroatoms. The molecule has 2 aromatic heterocycles. The Morgan fingerprint density at radius 1 is 1.19 bits per heavy atom. The number of anilines is 3. The fourth-order valence-electron chi connectivity index (χ4n) is 5.64. The van der Waals surface area contributed by atoms with Gasteiger partial charge in [0.1, 0.15) is 28.8 Å². The molecule has 0 unspecified atom stereocenters. The molecule has 9 nitrogen and oxygen atoms in total. The van der Waals surface area contributed by atoms with E-state index in [-0.39, 0.29) is 43.4 Å². The van der Waals surface area contributed by atoms with Crippen molar-refractivity contribution in [2.24, 2.45) is 0 Å². The third kappa shape index (κ3) is 4.48. The molecule has 2 fully saturated rings. The topological polar surface area (TPSA) is 106 Å². The van der Waals surface area contributed by atoms with Crippen molar-refractivity contribution in [3.8, 4) is 17.2 Å². The lowest BCUT2D eigenvalue weighted by Gasteiger charge is -2.44. The molecule has 0 bridgehead atoms. The lowest BCUT2D eigenvalue weighted by atomic mass is 9.98.